The number of hydrogen-bond acceptors (Lipinski definition) is 10. The van der Waals surface area contributed by atoms with Crippen molar-refractivity contribution in [2.24, 2.45) is 0 Å². The number of nitrogens with zero attached hydrogens (tertiary/aromatic N) is 2. The van der Waals surface area contributed by atoms with Gasteiger partial charge in [0.2, 0.25) is 0 Å². The summed E-state index contributed by atoms with van der Waals surface area (Å²) in [5.74, 6) is 0. The minimum Gasteiger partial charge on any atom is -0.310 e. The van der Waals surface area contributed by atoms with Crippen LogP contribution < -0.4 is 31.7 Å². The Hall–Kier alpha value is -5.92. The lowest BCUT2D eigenvalue weighted by atomic mass is 9.66. The van der Waals surface area contributed by atoms with E-state index in [1.807, 2.05) is 23.2 Å². The molecule has 0 atom stereocenters. The van der Waals surface area contributed by atoms with E-state index in [-0.39, 0.29) is 21.1 Å². The zero-order chi connectivity index (χ0) is 51.9. The van der Waals surface area contributed by atoms with Crippen molar-refractivity contribution >= 4 is 170 Å². The summed E-state index contributed by atoms with van der Waals surface area (Å²) < 4.78 is 0. The highest BCUT2D eigenvalue weighted by molar-refractivity contribution is 8.58. The average Bonchev–Trinajstić information content (AvgIpc) is 2.53. The fourth-order valence-electron chi connectivity index (χ4n) is 13.6. The van der Waals surface area contributed by atoms with Crippen LogP contribution in [-0.2, 0) is 0 Å². The lowest BCUT2D eigenvalue weighted by molar-refractivity contribution is 1.23. The van der Waals surface area contributed by atoms with E-state index in [0.717, 1.165) is 22.7 Å². The van der Waals surface area contributed by atoms with Crippen LogP contribution in [0.2, 0.25) is 0 Å². The smallest absolute Gasteiger partial charge is 0.310 e. The lowest BCUT2D eigenvalue weighted by Gasteiger charge is -2.42. The molecule has 19 rings (SSSR count). The SMILES string of the molecule is c1ccc(N(c2ccccc2)c2cc3c4c(c2)SB2Sc5cc6c(cc5-c5cc7c(c-4c52)B(Sc2ccccc2-7)S3)-c2cc3c4c5c2B(S6)Sc2cc(N(c6ccccc6)c6ccccc6)cc(c2-5)SB4Sc2ccccc2-3)cc1. The number of benzene rings is 11. The summed E-state index contributed by atoms with van der Waals surface area (Å²) in [7, 11) is 0. The Balaban J connectivity index is 0.824. The van der Waals surface area contributed by atoms with Crippen LogP contribution in [-0.4, -0.2) is 21.1 Å². The van der Waals surface area contributed by atoms with Crippen molar-refractivity contribution in [1.82, 2.24) is 0 Å². The number of para-hydroxylation sites is 4. The predicted molar refractivity (Wildman–Crippen MR) is 357 cm³/mol. The maximum Gasteiger partial charge on any atom is 0.318 e. The van der Waals surface area contributed by atoms with Crippen LogP contribution in [0.15, 0.2) is 258 Å². The molecule has 14 heteroatoms. The molecule has 8 aliphatic rings. The van der Waals surface area contributed by atoms with Gasteiger partial charge < -0.3 is 9.80 Å². The maximum atomic E-state index is 2.65. The highest BCUT2D eigenvalue weighted by Crippen LogP contribution is 2.63. The van der Waals surface area contributed by atoms with Crippen molar-refractivity contribution in [2.45, 2.75) is 39.2 Å². The van der Waals surface area contributed by atoms with E-state index in [9.17, 15) is 0 Å². The van der Waals surface area contributed by atoms with Crippen LogP contribution >= 0.6 is 92.9 Å². The van der Waals surface area contributed by atoms with Crippen LogP contribution in [0, 0.1) is 0 Å². The van der Waals surface area contributed by atoms with Gasteiger partial charge in [0.15, 0.2) is 0 Å². The Bertz CT molecular complexity index is 4190. The minimum atomic E-state index is 0.199. The molecule has 0 radical (unpaired) electrons. The van der Waals surface area contributed by atoms with Crippen molar-refractivity contribution < 1.29 is 0 Å². The molecule has 2 nitrogen and oxygen atoms in total. The Kier molecular flexibility index (Phi) is 10.4. The van der Waals surface area contributed by atoms with E-state index in [0.29, 0.717) is 0 Å². The van der Waals surface area contributed by atoms with Crippen molar-refractivity contribution in [3.8, 4) is 66.8 Å². The summed E-state index contributed by atoms with van der Waals surface area (Å²) in [6, 6.07) is 82.6. The fourth-order valence-corrected chi connectivity index (χ4v) is 25.7. The van der Waals surface area contributed by atoms with E-state index in [2.05, 4.69) is 298 Å². The normalized spacial score (nSPS) is 15.0. The third-order valence-electron chi connectivity index (χ3n) is 16.8. The second-order valence-electron chi connectivity index (χ2n) is 21.1. The molecular formula is C66H36B4N2S8. The molecule has 0 spiro atoms. The van der Waals surface area contributed by atoms with Crippen LogP contribution in [0.4, 0.5) is 34.1 Å². The molecule has 370 valence electrons. The number of anilines is 6. The van der Waals surface area contributed by atoms with Crippen LogP contribution in [0.5, 0.6) is 0 Å². The molecule has 11 aromatic rings. The van der Waals surface area contributed by atoms with Crippen molar-refractivity contribution in [3.63, 3.8) is 0 Å². The van der Waals surface area contributed by atoms with Crippen LogP contribution in [0.25, 0.3) is 66.8 Å². The molecule has 0 unspecified atom stereocenters. The fraction of sp³-hybridized carbons (Fsp3) is 0. The standard InChI is InChI=1S/C66H36B4N2S8/c1-5-17-37(18-6-1)71(38-19-7-2-8-20-38)41-29-55-59-57(31-41)79-69-65-49(34-47-43-25-13-15-27-51(43)73-67(77-55)63(47)61(59)65)45-33-46-50-35-48-44-26-14-16-28-52(44)74-68-64(48)62-60-56(78-68)30-42(72(39-21-9-3-10-22-39)40-23-11-4-12-24-40)32-58(60)80-70(66(50)62)76-54(46)36-53(45)75-69/h1-36H. The van der Waals surface area contributed by atoms with Gasteiger partial charge in [-0.3, -0.25) is 0 Å². The lowest BCUT2D eigenvalue weighted by Crippen LogP contribution is -2.45. The Morgan fingerprint density at radius 1 is 0.200 bits per heavy atom. The quantitative estimate of drug-likeness (QED) is 0.148. The zero-order valence-corrected chi connectivity index (χ0v) is 48.8. The monoisotopic (exact) mass is 1160 g/mol. The minimum absolute atomic E-state index is 0.199. The summed E-state index contributed by atoms with van der Waals surface area (Å²) >= 11 is 16.5. The predicted octanol–water partition coefficient (Wildman–Crippen LogP) is 18.3. The summed E-state index contributed by atoms with van der Waals surface area (Å²) in [6.07, 6.45) is 0. The van der Waals surface area contributed by atoms with E-state index in [4.69, 9.17) is 0 Å². The molecule has 0 aromatic heterocycles. The summed E-state index contributed by atoms with van der Waals surface area (Å²) in [5.41, 5.74) is 30.1. The largest absolute Gasteiger partial charge is 0.318 e. The second kappa shape index (κ2) is 17.8. The summed E-state index contributed by atoms with van der Waals surface area (Å²) in [4.78, 5) is 15.9. The average molecular weight is 1160 g/mol. The molecule has 0 amide bonds. The van der Waals surface area contributed by atoms with Gasteiger partial charge in [0.1, 0.15) is 0 Å². The molecular weight excluding hydrogens is 1120 g/mol. The molecule has 80 heavy (non-hydrogen) atoms. The summed E-state index contributed by atoms with van der Waals surface area (Å²) in [5, 5.41) is 0.888. The molecule has 8 aliphatic heterocycles. The maximum absolute atomic E-state index is 2.65. The van der Waals surface area contributed by atoms with Gasteiger partial charge in [-0.2, -0.15) is 92.9 Å². The van der Waals surface area contributed by atoms with Gasteiger partial charge in [0.05, 0.1) is 0 Å². The van der Waals surface area contributed by atoms with Gasteiger partial charge in [-0.1, -0.05) is 109 Å². The molecule has 8 heterocycles. The third kappa shape index (κ3) is 6.76. The molecule has 11 aromatic carbocycles. The van der Waals surface area contributed by atoms with Crippen LogP contribution in [0.3, 0.4) is 0 Å². The van der Waals surface area contributed by atoms with Gasteiger partial charge in [0.25, 0.3) is 0 Å². The highest BCUT2D eigenvalue weighted by atomic mass is 32.2. The molecule has 0 N–H and O–H groups in total. The van der Waals surface area contributed by atoms with Crippen molar-refractivity contribution in [3.05, 3.63) is 218 Å². The summed E-state index contributed by atoms with van der Waals surface area (Å²) in [6.45, 7) is 0. The van der Waals surface area contributed by atoms with Gasteiger partial charge in [-0.25, -0.2) is 0 Å². The van der Waals surface area contributed by atoms with Crippen molar-refractivity contribution in [1.29, 1.82) is 0 Å². The number of rotatable bonds is 6. The molecule has 0 saturated heterocycles. The van der Waals surface area contributed by atoms with Gasteiger partial charge in [0, 0.05) is 84.4 Å². The Morgan fingerprint density at radius 2 is 0.475 bits per heavy atom. The Labute approximate surface area is 499 Å². The first kappa shape index (κ1) is 46.7. The topological polar surface area (TPSA) is 6.48 Å². The van der Waals surface area contributed by atoms with Crippen molar-refractivity contribution in [2.75, 3.05) is 9.80 Å². The Morgan fingerprint density at radius 3 is 0.825 bits per heavy atom. The molecule has 0 aliphatic carbocycles. The molecule has 0 fully saturated rings. The first-order valence-electron chi connectivity index (χ1n) is 26.9. The van der Waals surface area contributed by atoms with Gasteiger partial charge >= 0.3 is 21.1 Å². The van der Waals surface area contributed by atoms with E-state index in [1.54, 1.807) is 0 Å². The van der Waals surface area contributed by atoms with Gasteiger partial charge in [-0.15, -0.1) is 0 Å². The number of hydrogen-bond donors (Lipinski definition) is 0. The highest BCUT2D eigenvalue weighted by Gasteiger charge is 2.50. The zero-order valence-electron chi connectivity index (χ0n) is 42.3. The van der Waals surface area contributed by atoms with Crippen LogP contribution in [0.1, 0.15) is 0 Å². The van der Waals surface area contributed by atoms with Gasteiger partial charge in [-0.05, 0) is 187 Å². The van der Waals surface area contributed by atoms with E-state index >= 15 is 0 Å². The first-order valence-corrected chi connectivity index (χ1v) is 34.0. The first-order chi connectivity index (χ1) is 39.6. The second-order valence-corrected chi connectivity index (χ2v) is 31.5. The molecule has 0 bridgehead atoms. The van der Waals surface area contributed by atoms with E-state index in [1.165, 1.54) is 139 Å². The molecule has 0 saturated carbocycles. The number of fused-ring (bicyclic) bond motifs is 8. The third-order valence-corrected chi connectivity index (χ3v) is 27.4. The van der Waals surface area contributed by atoms with E-state index < -0.39 is 0 Å².